The number of anilines is 1. The average molecular weight is 489 g/mol. The van der Waals surface area contributed by atoms with E-state index in [1.165, 1.54) is 0 Å². The summed E-state index contributed by atoms with van der Waals surface area (Å²) < 4.78 is 11.7. The first-order valence-electron chi connectivity index (χ1n) is 12.5. The van der Waals surface area contributed by atoms with Crippen molar-refractivity contribution in [3.63, 3.8) is 0 Å². The van der Waals surface area contributed by atoms with Crippen molar-refractivity contribution in [2.24, 2.45) is 0 Å². The van der Waals surface area contributed by atoms with E-state index in [9.17, 15) is 15.2 Å². The molecule has 0 radical (unpaired) electrons. The van der Waals surface area contributed by atoms with Crippen LogP contribution in [-0.2, 0) is 10.2 Å². The fourth-order valence-electron chi connectivity index (χ4n) is 4.85. The highest BCUT2D eigenvalue weighted by Crippen LogP contribution is 2.46. The van der Waals surface area contributed by atoms with Crippen LogP contribution in [0, 0.1) is 18.3 Å². The van der Waals surface area contributed by atoms with Gasteiger partial charge in [0.2, 0.25) is 5.88 Å². The monoisotopic (exact) mass is 488 g/mol. The second-order valence-corrected chi connectivity index (χ2v) is 9.46. The number of ether oxygens (including phenoxy) is 2. The molecule has 3 rings (SSSR count). The fourth-order valence-corrected chi connectivity index (χ4v) is 4.85. The Bertz CT molecular complexity index is 1190. The van der Waals surface area contributed by atoms with Gasteiger partial charge in [-0.15, -0.1) is 0 Å². The summed E-state index contributed by atoms with van der Waals surface area (Å²) >= 11 is 0. The lowest BCUT2D eigenvalue weighted by molar-refractivity contribution is -0.136. The summed E-state index contributed by atoms with van der Waals surface area (Å²) in [5.41, 5.74) is 3.33. The number of nitrogens with zero attached hydrogens (tertiary/aromatic N) is 2. The van der Waals surface area contributed by atoms with E-state index < -0.39 is 11.4 Å². The van der Waals surface area contributed by atoms with Gasteiger partial charge in [-0.1, -0.05) is 64.3 Å². The predicted octanol–water partition coefficient (Wildman–Crippen LogP) is 6.90. The van der Waals surface area contributed by atoms with Gasteiger partial charge >= 0.3 is 5.97 Å². The van der Waals surface area contributed by atoms with Crippen LogP contribution >= 0.6 is 0 Å². The predicted molar refractivity (Wildman–Crippen MR) is 142 cm³/mol. The van der Waals surface area contributed by atoms with E-state index in [1.54, 1.807) is 12.0 Å². The highest BCUT2D eigenvalue weighted by molar-refractivity contribution is 5.72. The first-order chi connectivity index (χ1) is 17.3. The van der Waals surface area contributed by atoms with Crippen molar-refractivity contribution in [3.05, 3.63) is 77.2 Å². The van der Waals surface area contributed by atoms with Crippen molar-refractivity contribution < 1.29 is 19.4 Å². The number of carboxylic acid groups (broad SMARTS) is 1. The maximum Gasteiger partial charge on any atom is 0.305 e. The molecule has 1 heterocycles. The van der Waals surface area contributed by atoms with Crippen LogP contribution in [0.3, 0.4) is 0 Å². The first-order valence-corrected chi connectivity index (χ1v) is 12.5. The smallest absolute Gasteiger partial charge is 0.305 e. The van der Waals surface area contributed by atoms with Gasteiger partial charge in [0.15, 0.2) is 5.75 Å². The second-order valence-electron chi connectivity index (χ2n) is 9.46. The number of hydrogen-bond acceptors (Lipinski definition) is 5. The molecule has 6 nitrogen and oxygen atoms in total. The largest absolute Gasteiger partial charge is 0.497 e. The molecule has 2 aromatic rings. The number of unbranched alkanes of at least 4 members (excludes halogenated alkanes) is 3. The summed E-state index contributed by atoms with van der Waals surface area (Å²) in [6, 6.07) is 15.8. The van der Waals surface area contributed by atoms with Gasteiger partial charge in [0.1, 0.15) is 17.4 Å². The van der Waals surface area contributed by atoms with Gasteiger partial charge in [-0.25, -0.2) is 0 Å². The molecule has 0 saturated carbocycles. The molecule has 190 valence electrons. The molecule has 0 bridgehead atoms. The number of benzene rings is 2. The molecule has 1 unspecified atom stereocenters. The Morgan fingerprint density at radius 2 is 1.97 bits per heavy atom. The number of carbonyl (C=O) groups is 1. The summed E-state index contributed by atoms with van der Waals surface area (Å²) in [6.07, 6.45) is 5.07. The minimum Gasteiger partial charge on any atom is -0.497 e. The van der Waals surface area contributed by atoms with Crippen molar-refractivity contribution in [2.45, 2.75) is 64.7 Å². The SMILES string of the molecule is C=C(/C(C#N)=C1\Oc2ccccc2N1CCC(=O)O)C(C)(CCCCCC)c1cc(OC)ccc1C. The molecule has 36 heavy (non-hydrogen) atoms. The van der Waals surface area contributed by atoms with E-state index >= 15 is 0 Å². The van der Waals surface area contributed by atoms with Gasteiger partial charge in [0, 0.05) is 12.0 Å². The highest BCUT2D eigenvalue weighted by Gasteiger charge is 2.38. The van der Waals surface area contributed by atoms with Crippen LogP contribution in [0.15, 0.2) is 66.1 Å². The summed E-state index contributed by atoms with van der Waals surface area (Å²) in [7, 11) is 1.65. The van der Waals surface area contributed by atoms with E-state index in [0.29, 0.717) is 22.8 Å². The molecule has 1 atom stereocenters. The Morgan fingerprint density at radius 3 is 2.64 bits per heavy atom. The summed E-state index contributed by atoms with van der Waals surface area (Å²) in [4.78, 5) is 13.2. The number of para-hydroxylation sites is 2. The summed E-state index contributed by atoms with van der Waals surface area (Å²) in [5, 5.41) is 19.7. The third-order valence-electron chi connectivity index (χ3n) is 7.02. The molecular weight excluding hydrogens is 452 g/mol. The van der Waals surface area contributed by atoms with Crippen molar-refractivity contribution in [1.29, 1.82) is 5.26 Å². The van der Waals surface area contributed by atoms with Gasteiger partial charge in [0.05, 0.1) is 19.2 Å². The lowest BCUT2D eigenvalue weighted by atomic mass is 9.69. The molecule has 0 spiro atoms. The number of aryl methyl sites for hydroxylation is 1. The van der Waals surface area contributed by atoms with Crippen LogP contribution in [0.25, 0.3) is 0 Å². The number of fused-ring (bicyclic) bond motifs is 1. The van der Waals surface area contributed by atoms with Crippen LogP contribution in [0.4, 0.5) is 5.69 Å². The zero-order valence-electron chi connectivity index (χ0n) is 21.8. The molecule has 1 aliphatic rings. The molecule has 0 fully saturated rings. The third-order valence-corrected chi connectivity index (χ3v) is 7.02. The number of rotatable bonds is 12. The van der Waals surface area contributed by atoms with Crippen LogP contribution in [0.2, 0.25) is 0 Å². The first kappa shape index (κ1) is 26.9. The van der Waals surface area contributed by atoms with Crippen LogP contribution in [0.1, 0.15) is 63.5 Å². The van der Waals surface area contributed by atoms with Gasteiger partial charge < -0.3 is 19.5 Å². The molecule has 0 aromatic heterocycles. The van der Waals surface area contributed by atoms with E-state index in [1.807, 2.05) is 42.5 Å². The lowest BCUT2D eigenvalue weighted by Crippen LogP contribution is -2.30. The van der Waals surface area contributed by atoms with Crippen molar-refractivity contribution in [2.75, 3.05) is 18.6 Å². The average Bonchev–Trinajstić information content (AvgIpc) is 3.24. The minimum atomic E-state index is -0.913. The lowest BCUT2D eigenvalue weighted by Gasteiger charge is -2.35. The Morgan fingerprint density at radius 1 is 1.22 bits per heavy atom. The topological polar surface area (TPSA) is 82.8 Å². The van der Waals surface area contributed by atoms with Gasteiger partial charge in [-0.2, -0.15) is 5.26 Å². The van der Waals surface area contributed by atoms with Crippen LogP contribution in [0.5, 0.6) is 11.5 Å². The van der Waals surface area contributed by atoms with Crippen molar-refractivity contribution in [1.82, 2.24) is 0 Å². The van der Waals surface area contributed by atoms with Crippen LogP contribution in [-0.4, -0.2) is 24.7 Å². The van der Waals surface area contributed by atoms with E-state index in [0.717, 1.165) is 54.7 Å². The number of nitriles is 1. The van der Waals surface area contributed by atoms with Crippen molar-refractivity contribution >= 4 is 11.7 Å². The number of methoxy groups -OCH3 is 1. The van der Waals surface area contributed by atoms with Gasteiger partial charge in [-0.05, 0) is 54.3 Å². The van der Waals surface area contributed by atoms with E-state index in [-0.39, 0.29) is 13.0 Å². The summed E-state index contributed by atoms with van der Waals surface area (Å²) in [6.45, 7) is 11.0. The molecule has 1 aliphatic heterocycles. The molecule has 0 aliphatic carbocycles. The maximum atomic E-state index is 11.4. The Labute approximate surface area is 214 Å². The fraction of sp³-hybridized carbons (Fsp3) is 0.400. The molecule has 0 amide bonds. The van der Waals surface area contributed by atoms with Crippen LogP contribution < -0.4 is 14.4 Å². The molecule has 0 saturated heterocycles. The Balaban J connectivity index is 2.12. The molecular formula is C30H36N2O4. The zero-order valence-corrected chi connectivity index (χ0v) is 21.8. The van der Waals surface area contributed by atoms with E-state index in [2.05, 4.69) is 33.4 Å². The molecule has 2 aromatic carbocycles. The third kappa shape index (κ3) is 5.57. The number of aliphatic carboxylic acids is 1. The Hall–Kier alpha value is -3.72. The highest BCUT2D eigenvalue weighted by atomic mass is 16.5. The number of hydrogen-bond donors (Lipinski definition) is 1. The standard InChI is InChI=1S/C30H36N2O4/c1-6-7-8-11-17-30(4,25-19-23(35-5)15-14-21(25)2)22(3)24(20-31)29-32(18-16-28(33)34)26-12-9-10-13-27(26)36-29/h9-10,12-15,19H,3,6-8,11,16-18H2,1-2,4-5H3,(H,33,34)/b29-24-. The number of allylic oxidation sites excluding steroid dienone is 2. The Kier molecular flexibility index (Phi) is 8.82. The second kappa shape index (κ2) is 11.8. The zero-order chi connectivity index (χ0) is 26.3. The quantitative estimate of drug-likeness (QED) is 0.259. The minimum absolute atomic E-state index is 0.0876. The molecule has 6 heteroatoms. The summed E-state index contributed by atoms with van der Waals surface area (Å²) in [5.74, 6) is 0.775. The molecule has 1 N–H and O–H groups in total. The van der Waals surface area contributed by atoms with Gasteiger partial charge in [-0.3, -0.25) is 4.79 Å². The van der Waals surface area contributed by atoms with Crippen molar-refractivity contribution in [3.8, 4) is 17.6 Å². The maximum absolute atomic E-state index is 11.4. The number of carboxylic acids is 1. The normalized spacial score (nSPS) is 15.4. The van der Waals surface area contributed by atoms with E-state index in [4.69, 9.17) is 9.47 Å². The van der Waals surface area contributed by atoms with Gasteiger partial charge in [0.25, 0.3) is 0 Å².